The quantitative estimate of drug-likeness (QED) is 0.658. The minimum absolute atomic E-state index is 0.151. The van der Waals surface area contributed by atoms with Crippen LogP contribution in [0.5, 0.6) is 0 Å². The predicted molar refractivity (Wildman–Crippen MR) is 81.6 cm³/mol. The summed E-state index contributed by atoms with van der Waals surface area (Å²) in [7, 11) is 0. The molecule has 2 aliphatic rings. The highest BCUT2D eigenvalue weighted by Crippen LogP contribution is 2.37. The largest absolute Gasteiger partial charge is 0.479 e. The van der Waals surface area contributed by atoms with Gasteiger partial charge in [-0.25, -0.2) is 19.8 Å². The van der Waals surface area contributed by atoms with Crippen molar-refractivity contribution in [3.8, 4) is 0 Å². The third-order valence-corrected chi connectivity index (χ3v) is 4.18. The number of aliphatic hydroxyl groups is 2. The third-order valence-electron chi connectivity index (χ3n) is 4.18. The van der Waals surface area contributed by atoms with E-state index in [1.165, 1.54) is 31.4 Å². The number of carboxylic acid groups (broad SMARTS) is 1. The SMILES string of the molecule is C=CCn1cnc2c1N=CN1C2=NC(C)(C(=O)O)C(O)C1(C)O. The van der Waals surface area contributed by atoms with E-state index in [4.69, 9.17) is 0 Å². The predicted octanol–water partition coefficient (Wildman–Crippen LogP) is -0.283. The first-order valence-electron chi connectivity index (χ1n) is 6.97. The van der Waals surface area contributed by atoms with Gasteiger partial charge >= 0.3 is 5.97 Å². The van der Waals surface area contributed by atoms with Crippen LogP contribution in [0.2, 0.25) is 0 Å². The summed E-state index contributed by atoms with van der Waals surface area (Å²) in [4.78, 5) is 25.4. The average Bonchev–Trinajstić information content (AvgIpc) is 2.89. The lowest BCUT2D eigenvalue weighted by Crippen LogP contribution is -2.69. The van der Waals surface area contributed by atoms with Crippen LogP contribution in [0, 0.1) is 0 Å². The van der Waals surface area contributed by atoms with Crippen LogP contribution in [-0.4, -0.2) is 65.3 Å². The van der Waals surface area contributed by atoms with Gasteiger partial charge in [-0.3, -0.25) is 4.90 Å². The molecular weight excluding hydrogens is 302 g/mol. The van der Waals surface area contributed by atoms with Gasteiger partial charge in [0.2, 0.25) is 0 Å². The number of rotatable bonds is 3. The van der Waals surface area contributed by atoms with Crippen molar-refractivity contribution < 1.29 is 20.1 Å². The van der Waals surface area contributed by atoms with E-state index in [1.54, 1.807) is 10.6 Å². The first-order valence-corrected chi connectivity index (χ1v) is 6.97. The smallest absolute Gasteiger partial charge is 0.334 e. The van der Waals surface area contributed by atoms with Crippen LogP contribution in [0.3, 0.4) is 0 Å². The van der Waals surface area contributed by atoms with Crippen LogP contribution >= 0.6 is 0 Å². The first kappa shape index (κ1) is 15.4. The summed E-state index contributed by atoms with van der Waals surface area (Å²) in [5.41, 5.74) is -3.46. The summed E-state index contributed by atoms with van der Waals surface area (Å²) in [5, 5.41) is 30.4. The number of allylic oxidation sites excluding steroid dienone is 1. The van der Waals surface area contributed by atoms with Gasteiger partial charge in [0.1, 0.15) is 12.4 Å². The zero-order valence-corrected chi connectivity index (χ0v) is 12.7. The molecule has 23 heavy (non-hydrogen) atoms. The summed E-state index contributed by atoms with van der Waals surface area (Å²) in [6, 6.07) is 0. The molecule has 1 aromatic rings. The van der Waals surface area contributed by atoms with Gasteiger partial charge in [0.05, 0.1) is 6.33 Å². The Bertz CT molecular complexity index is 750. The Morgan fingerprint density at radius 2 is 2.22 bits per heavy atom. The number of hydrogen-bond acceptors (Lipinski definition) is 7. The van der Waals surface area contributed by atoms with E-state index in [-0.39, 0.29) is 5.84 Å². The lowest BCUT2D eigenvalue weighted by molar-refractivity contribution is -0.173. The number of imidazole rings is 1. The molecule has 3 atom stereocenters. The van der Waals surface area contributed by atoms with E-state index in [1.807, 2.05) is 0 Å². The minimum Gasteiger partial charge on any atom is -0.479 e. The maximum Gasteiger partial charge on any atom is 0.334 e. The van der Waals surface area contributed by atoms with Crippen LogP contribution in [0.25, 0.3) is 0 Å². The fourth-order valence-corrected chi connectivity index (χ4v) is 2.77. The number of amidine groups is 1. The molecular formula is C14H17N5O4. The van der Waals surface area contributed by atoms with Crippen LogP contribution < -0.4 is 0 Å². The fourth-order valence-electron chi connectivity index (χ4n) is 2.77. The molecule has 0 radical (unpaired) electrons. The first-order chi connectivity index (χ1) is 10.7. The van der Waals surface area contributed by atoms with E-state index < -0.39 is 23.3 Å². The van der Waals surface area contributed by atoms with Crippen molar-refractivity contribution in [1.82, 2.24) is 14.5 Å². The highest BCUT2D eigenvalue weighted by molar-refractivity contribution is 6.11. The second-order valence-corrected chi connectivity index (χ2v) is 5.86. The number of aliphatic imine (C=N–C) groups is 2. The Labute approximate surface area is 131 Å². The van der Waals surface area contributed by atoms with Crippen LogP contribution in [0.4, 0.5) is 5.82 Å². The zero-order valence-electron chi connectivity index (χ0n) is 12.7. The molecule has 3 N–H and O–H groups in total. The normalized spacial score (nSPS) is 32.1. The Balaban J connectivity index is 2.22. The average molecular weight is 319 g/mol. The van der Waals surface area contributed by atoms with E-state index in [0.717, 1.165) is 0 Å². The number of fused-ring (bicyclic) bond motifs is 3. The number of carboxylic acids is 1. The molecule has 0 saturated carbocycles. The van der Waals surface area contributed by atoms with Crippen LogP contribution in [0.1, 0.15) is 19.5 Å². The lowest BCUT2D eigenvalue weighted by atomic mass is 9.85. The third kappa shape index (κ3) is 1.93. The van der Waals surface area contributed by atoms with Crippen molar-refractivity contribution >= 4 is 24.0 Å². The second kappa shape index (κ2) is 4.74. The Hall–Kier alpha value is -2.52. The molecule has 0 amide bonds. The molecule has 1 aromatic heterocycles. The van der Waals surface area contributed by atoms with E-state index in [9.17, 15) is 20.1 Å². The number of carbonyl (C=O) groups is 1. The zero-order chi connectivity index (χ0) is 17.0. The molecule has 0 saturated heterocycles. The minimum atomic E-state index is -1.90. The number of aromatic nitrogens is 2. The van der Waals surface area contributed by atoms with Crippen LogP contribution in [0.15, 0.2) is 29.0 Å². The molecule has 0 aromatic carbocycles. The number of hydrogen-bond donors (Lipinski definition) is 3. The fraction of sp³-hybridized carbons (Fsp3) is 0.429. The molecule has 0 bridgehead atoms. The van der Waals surface area contributed by atoms with E-state index >= 15 is 0 Å². The molecule has 9 heteroatoms. The molecule has 2 aliphatic heterocycles. The molecule has 3 unspecified atom stereocenters. The Kier molecular flexibility index (Phi) is 3.17. The van der Waals surface area contributed by atoms with Gasteiger partial charge in [0.25, 0.3) is 0 Å². The van der Waals surface area contributed by atoms with Gasteiger partial charge in [0.15, 0.2) is 28.6 Å². The topological polar surface area (TPSA) is 124 Å². The maximum absolute atomic E-state index is 11.6. The highest BCUT2D eigenvalue weighted by atomic mass is 16.4. The highest BCUT2D eigenvalue weighted by Gasteiger charge is 2.58. The summed E-state index contributed by atoms with van der Waals surface area (Å²) >= 11 is 0. The molecule has 0 spiro atoms. The van der Waals surface area contributed by atoms with Crippen molar-refractivity contribution in [2.75, 3.05) is 0 Å². The molecule has 122 valence electrons. The number of nitrogens with zero attached hydrogens (tertiary/aromatic N) is 5. The summed E-state index contributed by atoms with van der Waals surface area (Å²) in [6.45, 7) is 6.69. The van der Waals surface area contributed by atoms with Gasteiger partial charge in [-0.15, -0.1) is 6.58 Å². The molecule has 0 aliphatic carbocycles. The van der Waals surface area contributed by atoms with Gasteiger partial charge < -0.3 is 19.9 Å². The van der Waals surface area contributed by atoms with Crippen LogP contribution in [-0.2, 0) is 11.3 Å². The van der Waals surface area contributed by atoms with Gasteiger partial charge in [-0.05, 0) is 13.8 Å². The number of aliphatic hydroxyl groups excluding tert-OH is 1. The summed E-state index contributed by atoms with van der Waals surface area (Å²) in [5.74, 6) is -0.704. The standard InChI is InChI=1S/C14H17N5O4/c1-4-5-18-6-15-8-9(18)16-7-19-10(8)17-13(2,12(21)22)11(20)14(19,3)23/h4,6-7,11,20,23H,1,5H2,2-3H3,(H,21,22). The van der Waals surface area contributed by atoms with Crippen molar-refractivity contribution in [3.05, 3.63) is 24.7 Å². The molecule has 9 nitrogen and oxygen atoms in total. The maximum atomic E-state index is 11.6. The molecule has 3 rings (SSSR count). The van der Waals surface area contributed by atoms with Crippen molar-refractivity contribution in [1.29, 1.82) is 0 Å². The number of aliphatic carboxylic acids is 1. The summed E-state index contributed by atoms with van der Waals surface area (Å²) in [6.07, 6.45) is 2.87. The van der Waals surface area contributed by atoms with Gasteiger partial charge in [0, 0.05) is 6.54 Å². The van der Waals surface area contributed by atoms with E-state index in [2.05, 4.69) is 21.5 Å². The van der Waals surface area contributed by atoms with E-state index in [0.29, 0.717) is 18.1 Å². The lowest BCUT2D eigenvalue weighted by Gasteiger charge is -2.48. The Morgan fingerprint density at radius 1 is 1.52 bits per heavy atom. The van der Waals surface area contributed by atoms with Crippen molar-refractivity contribution in [3.63, 3.8) is 0 Å². The molecule has 0 fully saturated rings. The van der Waals surface area contributed by atoms with Crippen molar-refractivity contribution in [2.24, 2.45) is 9.98 Å². The van der Waals surface area contributed by atoms with Gasteiger partial charge in [-0.2, -0.15) is 0 Å². The monoisotopic (exact) mass is 319 g/mol. The summed E-state index contributed by atoms with van der Waals surface area (Å²) < 4.78 is 1.72. The van der Waals surface area contributed by atoms with Crippen molar-refractivity contribution in [2.45, 2.75) is 37.8 Å². The second-order valence-electron chi connectivity index (χ2n) is 5.86. The van der Waals surface area contributed by atoms with Gasteiger partial charge in [-0.1, -0.05) is 6.08 Å². The molecule has 3 heterocycles. The Morgan fingerprint density at radius 3 is 2.83 bits per heavy atom.